The van der Waals surface area contributed by atoms with Gasteiger partial charge >= 0.3 is 0 Å². The highest BCUT2D eigenvalue weighted by Gasteiger charge is 2.48. The first-order valence-corrected chi connectivity index (χ1v) is 5.45. The zero-order chi connectivity index (χ0) is 7.26. The van der Waals surface area contributed by atoms with Crippen LogP contribution < -0.4 is 0 Å². The third kappa shape index (κ3) is 0.947. The molecule has 3 fully saturated rings. The van der Waals surface area contributed by atoms with E-state index in [1.807, 2.05) is 0 Å². The van der Waals surface area contributed by atoms with E-state index in [4.69, 9.17) is 0 Å². The third-order valence-electron chi connectivity index (χ3n) is 4.39. The van der Waals surface area contributed by atoms with Crippen LogP contribution >= 0.6 is 0 Å². The molecule has 0 heterocycles. The van der Waals surface area contributed by atoms with Gasteiger partial charge in [-0.1, -0.05) is 32.1 Å². The Bertz CT molecular complexity index is 161. The molecule has 0 aliphatic heterocycles. The van der Waals surface area contributed by atoms with Crippen molar-refractivity contribution in [1.29, 1.82) is 0 Å². The fourth-order valence-electron chi connectivity index (χ4n) is 3.76. The van der Waals surface area contributed by atoms with E-state index in [0.717, 1.165) is 0 Å². The molecule has 0 aromatic carbocycles. The molecule has 0 amide bonds. The minimum Gasteiger partial charge on any atom is -0.0528 e. The topological polar surface area (TPSA) is 0 Å². The Morgan fingerprint density at radius 3 is 2.27 bits per heavy atom. The molecule has 0 spiro atoms. The van der Waals surface area contributed by atoms with Gasteiger partial charge in [0.1, 0.15) is 0 Å². The minimum absolute atomic E-state index is 1.17. The molecule has 11 heavy (non-hydrogen) atoms. The predicted octanol–water partition coefficient (Wildman–Crippen LogP) is 3.22. The zero-order valence-electron chi connectivity index (χ0n) is 7.26. The van der Waals surface area contributed by atoms with E-state index in [-0.39, 0.29) is 0 Å². The molecule has 0 aromatic heterocycles. The van der Waals surface area contributed by atoms with Gasteiger partial charge in [0.15, 0.2) is 0 Å². The summed E-state index contributed by atoms with van der Waals surface area (Å²) in [4.78, 5) is 0. The molecular formula is C11H18. The SMILES string of the molecule is C1CC2CCCC2C2CC2C1. The lowest BCUT2D eigenvalue weighted by molar-refractivity contribution is 0.336. The second-order valence-electron chi connectivity index (χ2n) is 4.95. The first-order valence-electron chi connectivity index (χ1n) is 5.45. The zero-order valence-corrected chi connectivity index (χ0v) is 7.26. The fraction of sp³-hybridized carbons (Fsp3) is 1.00. The second-order valence-corrected chi connectivity index (χ2v) is 4.95. The molecule has 62 valence electrons. The summed E-state index contributed by atoms with van der Waals surface area (Å²) in [6.45, 7) is 0. The highest BCUT2D eigenvalue weighted by atomic mass is 14.5. The highest BCUT2D eigenvalue weighted by molar-refractivity contribution is 4.98. The Kier molecular flexibility index (Phi) is 1.33. The number of hydrogen-bond donors (Lipinski definition) is 0. The van der Waals surface area contributed by atoms with Gasteiger partial charge in [-0.25, -0.2) is 0 Å². The maximum Gasteiger partial charge on any atom is -0.0352 e. The lowest BCUT2D eigenvalue weighted by atomic mass is 9.89. The van der Waals surface area contributed by atoms with Crippen molar-refractivity contribution in [1.82, 2.24) is 0 Å². The molecule has 0 saturated heterocycles. The Morgan fingerprint density at radius 1 is 0.636 bits per heavy atom. The Morgan fingerprint density at radius 2 is 1.36 bits per heavy atom. The van der Waals surface area contributed by atoms with E-state index in [1.54, 1.807) is 44.9 Å². The van der Waals surface area contributed by atoms with Crippen LogP contribution in [0.15, 0.2) is 0 Å². The van der Waals surface area contributed by atoms with E-state index in [2.05, 4.69) is 0 Å². The largest absolute Gasteiger partial charge is 0.0528 e. The molecule has 0 bridgehead atoms. The molecule has 3 saturated carbocycles. The lowest BCUT2D eigenvalue weighted by Crippen LogP contribution is -2.08. The van der Waals surface area contributed by atoms with Gasteiger partial charge in [-0.05, 0) is 36.5 Å². The molecule has 4 unspecified atom stereocenters. The molecule has 3 rings (SSSR count). The summed E-state index contributed by atoms with van der Waals surface area (Å²) in [6, 6.07) is 0. The van der Waals surface area contributed by atoms with Crippen LogP contribution in [-0.2, 0) is 0 Å². The molecule has 0 N–H and O–H groups in total. The van der Waals surface area contributed by atoms with Crippen LogP contribution in [0.3, 0.4) is 0 Å². The van der Waals surface area contributed by atoms with Gasteiger partial charge in [-0.15, -0.1) is 0 Å². The molecule has 0 aromatic rings. The van der Waals surface area contributed by atoms with Crippen molar-refractivity contribution in [2.45, 2.75) is 44.9 Å². The van der Waals surface area contributed by atoms with Gasteiger partial charge in [0.25, 0.3) is 0 Å². The molecular weight excluding hydrogens is 132 g/mol. The molecule has 0 nitrogen and oxygen atoms in total. The van der Waals surface area contributed by atoms with Gasteiger partial charge < -0.3 is 0 Å². The van der Waals surface area contributed by atoms with Gasteiger partial charge in [-0.2, -0.15) is 0 Å². The summed E-state index contributed by atoms with van der Waals surface area (Å²) in [5.41, 5.74) is 0. The van der Waals surface area contributed by atoms with Crippen molar-refractivity contribution >= 4 is 0 Å². The van der Waals surface area contributed by atoms with Crippen LogP contribution in [0.25, 0.3) is 0 Å². The summed E-state index contributed by atoms with van der Waals surface area (Å²) in [6.07, 6.45) is 11.1. The average molecular weight is 150 g/mol. The normalized spacial score (nSPS) is 54.5. The van der Waals surface area contributed by atoms with Crippen molar-refractivity contribution in [3.8, 4) is 0 Å². The maximum absolute atomic E-state index is 1.61. The van der Waals surface area contributed by atoms with Crippen LogP contribution in [0, 0.1) is 23.7 Å². The predicted molar refractivity (Wildman–Crippen MR) is 46.3 cm³/mol. The van der Waals surface area contributed by atoms with Gasteiger partial charge in [-0.3, -0.25) is 0 Å². The maximum atomic E-state index is 1.61. The number of rotatable bonds is 0. The van der Waals surface area contributed by atoms with Crippen LogP contribution in [0.5, 0.6) is 0 Å². The van der Waals surface area contributed by atoms with Crippen LogP contribution in [0.4, 0.5) is 0 Å². The summed E-state index contributed by atoms with van der Waals surface area (Å²) in [7, 11) is 0. The van der Waals surface area contributed by atoms with Crippen molar-refractivity contribution < 1.29 is 0 Å². The van der Waals surface area contributed by atoms with E-state index >= 15 is 0 Å². The summed E-state index contributed by atoms with van der Waals surface area (Å²) in [5.74, 6) is 4.78. The first kappa shape index (κ1) is 6.51. The van der Waals surface area contributed by atoms with E-state index in [9.17, 15) is 0 Å². The number of hydrogen-bond acceptors (Lipinski definition) is 0. The van der Waals surface area contributed by atoms with Crippen molar-refractivity contribution in [2.24, 2.45) is 23.7 Å². The second kappa shape index (κ2) is 2.24. The first-order chi connectivity index (χ1) is 5.45. The van der Waals surface area contributed by atoms with Crippen LogP contribution in [0.2, 0.25) is 0 Å². The van der Waals surface area contributed by atoms with E-state index < -0.39 is 0 Å². The van der Waals surface area contributed by atoms with Crippen LogP contribution in [-0.4, -0.2) is 0 Å². The Labute approximate surface area is 69.4 Å². The van der Waals surface area contributed by atoms with Gasteiger partial charge in [0.2, 0.25) is 0 Å². The summed E-state index contributed by atoms with van der Waals surface area (Å²) in [5, 5.41) is 0. The smallest absolute Gasteiger partial charge is 0.0352 e. The quantitative estimate of drug-likeness (QED) is 0.497. The summed E-state index contributed by atoms with van der Waals surface area (Å²) < 4.78 is 0. The Balaban J connectivity index is 1.80. The van der Waals surface area contributed by atoms with Gasteiger partial charge in [0.05, 0.1) is 0 Å². The lowest BCUT2D eigenvalue weighted by Gasteiger charge is -2.16. The summed E-state index contributed by atoms with van der Waals surface area (Å²) >= 11 is 0. The molecule has 3 aliphatic carbocycles. The third-order valence-corrected chi connectivity index (χ3v) is 4.39. The monoisotopic (exact) mass is 150 g/mol. The molecule has 4 atom stereocenters. The standard InChI is InChI=1S/C11H18/c1-3-8-4-2-6-10(8)11-7-9(11)5-1/h8-11H,1-7H2. The number of fused-ring (bicyclic) bond motifs is 3. The van der Waals surface area contributed by atoms with E-state index in [1.165, 1.54) is 23.7 Å². The average Bonchev–Trinajstić information content (AvgIpc) is 2.65. The van der Waals surface area contributed by atoms with Crippen molar-refractivity contribution in [3.05, 3.63) is 0 Å². The highest BCUT2D eigenvalue weighted by Crippen LogP contribution is 2.57. The molecule has 0 radical (unpaired) electrons. The van der Waals surface area contributed by atoms with E-state index in [0.29, 0.717) is 0 Å². The molecule has 0 heteroatoms. The molecule has 3 aliphatic rings. The van der Waals surface area contributed by atoms with Gasteiger partial charge in [0, 0.05) is 0 Å². The van der Waals surface area contributed by atoms with Crippen molar-refractivity contribution in [3.63, 3.8) is 0 Å². The minimum atomic E-state index is 1.17. The van der Waals surface area contributed by atoms with Crippen molar-refractivity contribution in [2.75, 3.05) is 0 Å². The fourth-order valence-corrected chi connectivity index (χ4v) is 3.76. The Hall–Kier alpha value is 0. The van der Waals surface area contributed by atoms with Crippen LogP contribution in [0.1, 0.15) is 44.9 Å².